The molecule has 0 aliphatic rings. The third-order valence-electron chi connectivity index (χ3n) is 2.64. The molecule has 0 saturated carbocycles. The Morgan fingerprint density at radius 2 is 2.21 bits per heavy atom. The summed E-state index contributed by atoms with van der Waals surface area (Å²) in [5, 5.41) is 14.6. The Hall–Kier alpha value is -2.21. The van der Waals surface area contributed by atoms with Gasteiger partial charge in [0.2, 0.25) is 0 Å². The maximum atomic E-state index is 10.7. The summed E-state index contributed by atoms with van der Waals surface area (Å²) in [7, 11) is 0. The first kappa shape index (κ1) is 13.2. The standard InChI is InChI=1S/C13H15N3O3/c1-2-19-8-7-14-13-6-3-10-9-11(16(17)18)4-5-12(10)15-13/h3-6,9H,2,7-8H2,1H3,(H,14,15). The van der Waals surface area contributed by atoms with E-state index < -0.39 is 4.92 Å². The first-order valence-corrected chi connectivity index (χ1v) is 6.07. The maximum absolute atomic E-state index is 10.7. The van der Waals surface area contributed by atoms with Crippen LogP contribution >= 0.6 is 0 Å². The van der Waals surface area contributed by atoms with E-state index in [0.29, 0.717) is 19.8 Å². The van der Waals surface area contributed by atoms with Crippen LogP contribution in [0.3, 0.4) is 0 Å². The summed E-state index contributed by atoms with van der Waals surface area (Å²) in [5.74, 6) is 0.737. The molecule has 1 heterocycles. The lowest BCUT2D eigenvalue weighted by molar-refractivity contribution is -0.384. The largest absolute Gasteiger partial charge is 0.380 e. The molecule has 0 spiro atoms. The number of anilines is 1. The number of ether oxygens (including phenoxy) is 1. The molecular formula is C13H15N3O3. The Balaban J connectivity index is 2.12. The van der Waals surface area contributed by atoms with E-state index in [1.165, 1.54) is 12.1 Å². The first-order valence-electron chi connectivity index (χ1n) is 6.07. The lowest BCUT2D eigenvalue weighted by atomic mass is 10.2. The molecule has 100 valence electrons. The minimum absolute atomic E-state index is 0.0753. The second kappa shape index (κ2) is 6.10. The Morgan fingerprint density at radius 3 is 2.95 bits per heavy atom. The van der Waals surface area contributed by atoms with Gasteiger partial charge in [0.1, 0.15) is 5.82 Å². The minimum atomic E-state index is -0.409. The summed E-state index contributed by atoms with van der Waals surface area (Å²) in [6.45, 7) is 3.94. The monoisotopic (exact) mass is 261 g/mol. The van der Waals surface area contributed by atoms with Crippen molar-refractivity contribution < 1.29 is 9.66 Å². The summed E-state index contributed by atoms with van der Waals surface area (Å²) in [6.07, 6.45) is 0. The molecule has 1 N–H and O–H groups in total. The van der Waals surface area contributed by atoms with Crippen molar-refractivity contribution in [3.63, 3.8) is 0 Å². The van der Waals surface area contributed by atoms with Gasteiger partial charge in [0.25, 0.3) is 5.69 Å². The van der Waals surface area contributed by atoms with Gasteiger partial charge >= 0.3 is 0 Å². The number of benzene rings is 1. The molecule has 2 rings (SSSR count). The lowest BCUT2D eigenvalue weighted by Gasteiger charge is -2.06. The highest BCUT2D eigenvalue weighted by atomic mass is 16.6. The number of pyridine rings is 1. The third kappa shape index (κ3) is 3.38. The van der Waals surface area contributed by atoms with Crippen LogP contribution in [0.4, 0.5) is 11.5 Å². The number of fused-ring (bicyclic) bond motifs is 1. The van der Waals surface area contributed by atoms with E-state index in [1.54, 1.807) is 12.1 Å². The van der Waals surface area contributed by atoms with Crippen LogP contribution in [0.15, 0.2) is 30.3 Å². The fourth-order valence-electron chi connectivity index (χ4n) is 1.72. The molecule has 0 radical (unpaired) electrons. The summed E-state index contributed by atoms with van der Waals surface area (Å²) in [5.41, 5.74) is 0.804. The highest BCUT2D eigenvalue weighted by Crippen LogP contribution is 2.20. The lowest BCUT2D eigenvalue weighted by Crippen LogP contribution is -2.10. The molecule has 1 aromatic heterocycles. The summed E-state index contributed by atoms with van der Waals surface area (Å²) in [4.78, 5) is 14.6. The van der Waals surface area contributed by atoms with Crippen LogP contribution in [0.5, 0.6) is 0 Å². The van der Waals surface area contributed by atoms with E-state index in [1.807, 2.05) is 13.0 Å². The average molecular weight is 261 g/mol. The number of nitrogens with one attached hydrogen (secondary N) is 1. The van der Waals surface area contributed by atoms with Gasteiger partial charge in [-0.25, -0.2) is 4.98 Å². The molecule has 6 nitrogen and oxygen atoms in total. The van der Waals surface area contributed by atoms with E-state index >= 15 is 0 Å². The Morgan fingerprint density at radius 1 is 1.37 bits per heavy atom. The molecule has 1 aromatic carbocycles. The van der Waals surface area contributed by atoms with Gasteiger partial charge in [0.05, 0.1) is 17.0 Å². The SMILES string of the molecule is CCOCCNc1ccc2cc([N+](=O)[O-])ccc2n1. The van der Waals surface area contributed by atoms with Crippen molar-refractivity contribution in [1.82, 2.24) is 4.98 Å². The molecule has 0 bridgehead atoms. The normalized spacial score (nSPS) is 10.6. The molecular weight excluding hydrogens is 246 g/mol. The molecule has 0 unspecified atom stereocenters. The van der Waals surface area contributed by atoms with Gasteiger partial charge in [0, 0.05) is 30.7 Å². The quantitative estimate of drug-likeness (QED) is 0.491. The number of rotatable bonds is 6. The molecule has 0 aliphatic carbocycles. The second-order valence-corrected chi connectivity index (χ2v) is 3.95. The van der Waals surface area contributed by atoms with E-state index in [2.05, 4.69) is 10.3 Å². The van der Waals surface area contributed by atoms with Gasteiger partial charge in [-0.3, -0.25) is 10.1 Å². The van der Waals surface area contributed by atoms with Crippen LogP contribution in [0.25, 0.3) is 10.9 Å². The Kier molecular flexibility index (Phi) is 4.25. The molecule has 0 atom stereocenters. The number of non-ortho nitro benzene ring substituents is 1. The second-order valence-electron chi connectivity index (χ2n) is 3.95. The summed E-state index contributed by atoms with van der Waals surface area (Å²) >= 11 is 0. The van der Waals surface area contributed by atoms with Crippen molar-refractivity contribution in [3.05, 3.63) is 40.4 Å². The van der Waals surface area contributed by atoms with E-state index in [9.17, 15) is 10.1 Å². The van der Waals surface area contributed by atoms with Crippen molar-refractivity contribution in [3.8, 4) is 0 Å². The number of hydrogen-bond donors (Lipinski definition) is 1. The third-order valence-corrected chi connectivity index (χ3v) is 2.64. The topological polar surface area (TPSA) is 77.3 Å². The smallest absolute Gasteiger partial charge is 0.270 e. The Bertz CT molecular complexity index is 586. The number of nitro benzene ring substituents is 1. The van der Waals surface area contributed by atoms with Crippen molar-refractivity contribution in [1.29, 1.82) is 0 Å². The molecule has 0 amide bonds. The fourth-order valence-corrected chi connectivity index (χ4v) is 1.72. The van der Waals surface area contributed by atoms with Crippen LogP contribution in [0.1, 0.15) is 6.92 Å². The maximum Gasteiger partial charge on any atom is 0.270 e. The minimum Gasteiger partial charge on any atom is -0.380 e. The molecule has 0 fully saturated rings. The zero-order valence-electron chi connectivity index (χ0n) is 10.6. The zero-order chi connectivity index (χ0) is 13.7. The van der Waals surface area contributed by atoms with Gasteiger partial charge < -0.3 is 10.1 Å². The highest BCUT2D eigenvalue weighted by molar-refractivity contribution is 5.82. The van der Waals surface area contributed by atoms with Gasteiger partial charge in [0.15, 0.2) is 0 Å². The predicted molar refractivity (Wildman–Crippen MR) is 73.4 cm³/mol. The van der Waals surface area contributed by atoms with Crippen molar-refractivity contribution in [2.75, 3.05) is 25.1 Å². The van der Waals surface area contributed by atoms with Crippen molar-refractivity contribution >= 4 is 22.4 Å². The van der Waals surface area contributed by atoms with Crippen LogP contribution in [-0.4, -0.2) is 29.7 Å². The van der Waals surface area contributed by atoms with E-state index in [4.69, 9.17) is 4.74 Å². The number of nitro groups is 1. The fraction of sp³-hybridized carbons (Fsp3) is 0.308. The van der Waals surface area contributed by atoms with Gasteiger partial charge in [-0.1, -0.05) is 0 Å². The molecule has 6 heteroatoms. The zero-order valence-corrected chi connectivity index (χ0v) is 10.6. The average Bonchev–Trinajstić information content (AvgIpc) is 2.43. The molecule has 0 aliphatic heterocycles. The highest BCUT2D eigenvalue weighted by Gasteiger charge is 2.06. The Labute approximate surface area is 110 Å². The molecule has 19 heavy (non-hydrogen) atoms. The first-order chi connectivity index (χ1) is 9.20. The number of hydrogen-bond acceptors (Lipinski definition) is 5. The number of nitrogens with zero attached hydrogens (tertiary/aromatic N) is 2. The predicted octanol–water partition coefficient (Wildman–Crippen LogP) is 2.59. The molecule has 0 saturated heterocycles. The van der Waals surface area contributed by atoms with Gasteiger partial charge in [-0.2, -0.15) is 0 Å². The van der Waals surface area contributed by atoms with Gasteiger partial charge in [-0.15, -0.1) is 0 Å². The van der Waals surface area contributed by atoms with Crippen molar-refractivity contribution in [2.24, 2.45) is 0 Å². The van der Waals surface area contributed by atoms with Gasteiger partial charge in [-0.05, 0) is 25.1 Å². The van der Waals surface area contributed by atoms with E-state index in [-0.39, 0.29) is 5.69 Å². The van der Waals surface area contributed by atoms with Crippen LogP contribution in [0.2, 0.25) is 0 Å². The van der Waals surface area contributed by atoms with E-state index in [0.717, 1.165) is 16.7 Å². The number of aromatic nitrogens is 1. The summed E-state index contributed by atoms with van der Waals surface area (Å²) < 4.78 is 5.22. The van der Waals surface area contributed by atoms with Crippen molar-refractivity contribution in [2.45, 2.75) is 6.92 Å². The molecule has 2 aromatic rings. The summed E-state index contributed by atoms with van der Waals surface area (Å²) in [6, 6.07) is 8.25. The van der Waals surface area contributed by atoms with Crippen LogP contribution < -0.4 is 5.32 Å². The van der Waals surface area contributed by atoms with Crippen LogP contribution in [0, 0.1) is 10.1 Å². The van der Waals surface area contributed by atoms with Crippen LogP contribution in [-0.2, 0) is 4.74 Å².